The number of aryl methyl sites for hydroxylation is 4. The summed E-state index contributed by atoms with van der Waals surface area (Å²) in [6, 6.07) is 9.35. The number of aromatic nitrogens is 4. The summed E-state index contributed by atoms with van der Waals surface area (Å²) in [7, 11) is 4.01. The number of benzene rings is 1. The minimum absolute atomic E-state index is 0.0416. The Morgan fingerprint density at radius 2 is 1.84 bits per heavy atom. The van der Waals surface area contributed by atoms with Gasteiger partial charge in [0.15, 0.2) is 0 Å². The maximum atomic E-state index is 14.0. The van der Waals surface area contributed by atoms with Crippen LogP contribution >= 0.6 is 11.3 Å². The maximum Gasteiger partial charge on any atom is 0.257 e. The highest BCUT2D eigenvalue weighted by molar-refractivity contribution is 7.23. The lowest BCUT2D eigenvalue weighted by Gasteiger charge is -2.22. The number of rotatable bonds is 6. The van der Waals surface area contributed by atoms with Crippen molar-refractivity contribution < 1.29 is 18.3 Å². The number of carbonyl (C=O) groups is 1. The number of fused-ring (bicyclic) bond motifs is 5. The van der Waals surface area contributed by atoms with Crippen molar-refractivity contribution in [3.63, 3.8) is 0 Å². The van der Waals surface area contributed by atoms with E-state index in [9.17, 15) is 9.18 Å². The normalized spacial score (nSPS) is 18.4. The molecule has 0 N–H and O–H groups in total. The molecule has 5 aromatic rings. The molecule has 9 nitrogen and oxygen atoms in total. The van der Waals surface area contributed by atoms with Crippen molar-refractivity contribution >= 4 is 33.1 Å². The highest BCUT2D eigenvalue weighted by Gasteiger charge is 2.45. The Hall–Kier alpha value is -4.22. The van der Waals surface area contributed by atoms with Gasteiger partial charge >= 0.3 is 0 Å². The van der Waals surface area contributed by atoms with E-state index in [0.717, 1.165) is 114 Å². The monoisotopic (exact) mass is 680 g/mol. The number of hydrogen-bond donors (Lipinski definition) is 0. The van der Waals surface area contributed by atoms with Crippen LogP contribution in [0.3, 0.4) is 0 Å². The molecule has 0 radical (unpaired) electrons. The van der Waals surface area contributed by atoms with Gasteiger partial charge in [-0.3, -0.25) is 9.78 Å². The summed E-state index contributed by atoms with van der Waals surface area (Å²) in [4.78, 5) is 28.9. The minimum atomic E-state index is -0.0966. The number of nitrogens with zero attached hydrogens (tertiary/aromatic N) is 6. The van der Waals surface area contributed by atoms with E-state index in [1.165, 1.54) is 17.5 Å². The van der Waals surface area contributed by atoms with Gasteiger partial charge in [-0.05, 0) is 104 Å². The summed E-state index contributed by atoms with van der Waals surface area (Å²) < 4.78 is 25.3. The third-order valence-corrected chi connectivity index (χ3v) is 11.5. The predicted octanol–water partition coefficient (Wildman–Crippen LogP) is 7.75. The van der Waals surface area contributed by atoms with Crippen LogP contribution in [0.25, 0.3) is 32.0 Å². The van der Waals surface area contributed by atoms with Crippen molar-refractivity contribution in [2.45, 2.75) is 70.8 Å². The summed E-state index contributed by atoms with van der Waals surface area (Å²) >= 11 is 1.66. The van der Waals surface area contributed by atoms with Crippen LogP contribution in [0.1, 0.15) is 83.3 Å². The molecule has 1 atom stereocenters. The van der Waals surface area contributed by atoms with Crippen LogP contribution in [0.4, 0.5) is 10.2 Å². The zero-order chi connectivity index (χ0) is 33.6. The van der Waals surface area contributed by atoms with Gasteiger partial charge in [-0.2, -0.15) is 0 Å². The summed E-state index contributed by atoms with van der Waals surface area (Å²) in [6.45, 7) is 4.21. The summed E-state index contributed by atoms with van der Waals surface area (Å²) in [5.74, 6) is 2.40. The number of ether oxygens (including phenoxy) is 1. The van der Waals surface area contributed by atoms with E-state index in [-0.39, 0.29) is 17.8 Å². The van der Waals surface area contributed by atoms with Crippen molar-refractivity contribution in [2.75, 3.05) is 38.8 Å². The lowest BCUT2D eigenvalue weighted by Crippen LogP contribution is -2.22. The largest absolute Gasteiger partial charge is 0.421 e. The number of carbonyl (C=O) groups excluding carboxylic acids is 1. The number of hydrogen-bond acceptors (Lipinski definition) is 9. The molecule has 0 spiro atoms. The smallest absolute Gasteiger partial charge is 0.257 e. The standard InChI is InChI=1S/C29H32N6O3S.C9H9F/c1-16-32-33-28(38-16)22-19(7-6-17-9-13-37-14-10-17)31-25-20-5-4-12-35(20)29(36)24(25)23(22)21-15-18-8-11-30-27(34(2)3)26(18)39-21;10-9-5-4-7-2-1-3-8(7)6-9/h8,11,15,17,20H,4-7,9-10,12-14H2,1-3H3;4-6H,1-3H2. The van der Waals surface area contributed by atoms with Gasteiger partial charge < -0.3 is 19.0 Å². The Morgan fingerprint density at radius 1 is 1.00 bits per heavy atom. The third kappa shape index (κ3) is 6.01. The lowest BCUT2D eigenvalue weighted by molar-refractivity contribution is 0.0639. The van der Waals surface area contributed by atoms with Crippen LogP contribution < -0.4 is 4.90 Å². The molecule has 1 aliphatic carbocycles. The molecule has 2 fully saturated rings. The first-order valence-electron chi connectivity index (χ1n) is 17.4. The predicted molar refractivity (Wildman–Crippen MR) is 189 cm³/mol. The zero-order valence-corrected chi connectivity index (χ0v) is 29.1. The first-order chi connectivity index (χ1) is 23.9. The molecule has 0 bridgehead atoms. The quantitative estimate of drug-likeness (QED) is 0.180. The van der Waals surface area contributed by atoms with Crippen LogP contribution in [0.2, 0.25) is 0 Å². The average molecular weight is 681 g/mol. The van der Waals surface area contributed by atoms with Crippen molar-refractivity contribution in [3.8, 4) is 21.9 Å². The number of thiophene rings is 1. The van der Waals surface area contributed by atoms with Crippen LogP contribution in [-0.4, -0.2) is 64.8 Å². The number of pyridine rings is 2. The molecular formula is C38H41FN6O3S. The highest BCUT2D eigenvalue weighted by Crippen LogP contribution is 2.50. The van der Waals surface area contributed by atoms with E-state index >= 15 is 0 Å². The van der Waals surface area contributed by atoms with Crippen molar-refractivity contribution in [1.82, 2.24) is 25.1 Å². The van der Waals surface area contributed by atoms with Gasteiger partial charge in [0, 0.05) is 57.4 Å². The van der Waals surface area contributed by atoms with E-state index in [4.69, 9.17) is 14.1 Å². The summed E-state index contributed by atoms with van der Waals surface area (Å²) in [5.41, 5.74) is 6.80. The Labute approximate surface area is 289 Å². The van der Waals surface area contributed by atoms with Gasteiger partial charge in [-0.25, -0.2) is 9.37 Å². The van der Waals surface area contributed by atoms with Crippen molar-refractivity contribution in [3.05, 3.63) is 76.3 Å². The van der Waals surface area contributed by atoms with Gasteiger partial charge in [-0.1, -0.05) is 6.07 Å². The van der Waals surface area contributed by atoms with Crippen molar-refractivity contribution in [2.24, 2.45) is 5.92 Å². The fraction of sp³-hybridized carbons (Fsp3) is 0.447. The Kier molecular flexibility index (Phi) is 8.65. The molecule has 49 heavy (non-hydrogen) atoms. The molecule has 7 heterocycles. The second-order valence-electron chi connectivity index (χ2n) is 13.8. The second kappa shape index (κ2) is 13.2. The van der Waals surface area contributed by atoms with E-state index in [1.54, 1.807) is 30.4 Å². The molecule has 2 saturated heterocycles. The summed E-state index contributed by atoms with van der Waals surface area (Å²) in [6.07, 6.45) is 11.1. The Morgan fingerprint density at radius 3 is 2.63 bits per heavy atom. The molecule has 1 aromatic carbocycles. The molecule has 0 saturated carbocycles. The average Bonchev–Trinajstić information content (AvgIpc) is 3.94. The van der Waals surface area contributed by atoms with Gasteiger partial charge in [0.25, 0.3) is 5.91 Å². The van der Waals surface area contributed by atoms with Crippen LogP contribution in [0, 0.1) is 18.7 Å². The molecule has 11 heteroatoms. The van der Waals surface area contributed by atoms with E-state index in [2.05, 4.69) is 21.2 Å². The van der Waals surface area contributed by atoms with E-state index in [0.29, 0.717) is 23.3 Å². The Balaban J connectivity index is 0.000000298. The number of anilines is 1. The lowest BCUT2D eigenvalue weighted by atomic mass is 9.90. The van der Waals surface area contributed by atoms with Crippen LogP contribution in [0.15, 0.2) is 40.9 Å². The van der Waals surface area contributed by atoms with Gasteiger partial charge in [0.2, 0.25) is 11.8 Å². The van der Waals surface area contributed by atoms with Gasteiger partial charge in [0.1, 0.15) is 11.6 Å². The molecule has 4 aliphatic rings. The SMILES string of the molecule is Cc1nnc(-c2c(CCC3CCOCC3)nc3c(c2-c2cc4ccnc(N(C)C)c4s2)C(=O)N2CCCC32)o1.Fc1ccc2c(c1)CCC2. The maximum absolute atomic E-state index is 14.0. The molecule has 1 unspecified atom stereocenters. The molecule has 4 aromatic heterocycles. The fourth-order valence-corrected chi connectivity index (χ4v) is 9.20. The van der Waals surface area contributed by atoms with Gasteiger partial charge in [-0.15, -0.1) is 21.5 Å². The molecule has 254 valence electrons. The van der Waals surface area contributed by atoms with Crippen LogP contribution in [-0.2, 0) is 24.0 Å². The first-order valence-corrected chi connectivity index (χ1v) is 18.3. The second-order valence-corrected chi connectivity index (χ2v) is 14.8. The molecule has 9 rings (SSSR count). The number of halogens is 1. The van der Waals surface area contributed by atoms with Gasteiger partial charge in [0.05, 0.1) is 33.3 Å². The third-order valence-electron chi connectivity index (χ3n) is 10.4. The summed E-state index contributed by atoms with van der Waals surface area (Å²) in [5, 5.41) is 9.73. The van der Waals surface area contributed by atoms with Crippen molar-refractivity contribution in [1.29, 1.82) is 0 Å². The topological polar surface area (TPSA) is 97.5 Å². The fourth-order valence-electron chi connectivity index (χ4n) is 7.91. The number of amides is 1. The highest BCUT2D eigenvalue weighted by atomic mass is 32.1. The molecule has 1 amide bonds. The minimum Gasteiger partial charge on any atom is -0.421 e. The molecular weight excluding hydrogens is 640 g/mol. The Bertz CT molecular complexity index is 2030. The molecule has 3 aliphatic heterocycles. The van der Waals surface area contributed by atoms with E-state index < -0.39 is 0 Å². The van der Waals surface area contributed by atoms with Crippen LogP contribution in [0.5, 0.6) is 0 Å². The first kappa shape index (κ1) is 32.0. The van der Waals surface area contributed by atoms with E-state index in [1.807, 2.05) is 42.2 Å². The zero-order valence-electron chi connectivity index (χ0n) is 28.3.